The summed E-state index contributed by atoms with van der Waals surface area (Å²) in [7, 11) is 0. The minimum atomic E-state index is -1.12. The number of carboxylic acid groups (broad SMARTS) is 1. The zero-order chi connectivity index (χ0) is 30.3. The summed E-state index contributed by atoms with van der Waals surface area (Å²) in [4.78, 5) is 54.2. The van der Waals surface area contributed by atoms with Crippen LogP contribution in [0.4, 0.5) is 5.69 Å². The first-order valence-electron chi connectivity index (χ1n) is 12.6. The molecule has 42 heavy (non-hydrogen) atoms. The van der Waals surface area contributed by atoms with Crippen molar-refractivity contribution >= 4 is 46.6 Å². The molecule has 0 bridgehead atoms. The molecule has 0 radical (unpaired) electrons. The maximum absolute atomic E-state index is 13.8. The number of allylic oxidation sites excluding steroid dienone is 1. The van der Waals surface area contributed by atoms with Gasteiger partial charge in [-0.2, -0.15) is 0 Å². The van der Waals surface area contributed by atoms with Crippen LogP contribution >= 0.6 is 22.9 Å². The quantitative estimate of drug-likeness (QED) is 0.180. The number of non-ortho nitro benzene ring substituents is 1. The van der Waals surface area contributed by atoms with Gasteiger partial charge in [0.15, 0.2) is 4.80 Å². The van der Waals surface area contributed by atoms with Gasteiger partial charge in [0.25, 0.3) is 11.2 Å². The van der Waals surface area contributed by atoms with Crippen LogP contribution in [0.2, 0.25) is 5.02 Å². The summed E-state index contributed by atoms with van der Waals surface area (Å²) < 4.78 is 12.9. The first-order chi connectivity index (χ1) is 19.9. The molecule has 1 aliphatic rings. The Bertz CT molecular complexity index is 1990. The van der Waals surface area contributed by atoms with Crippen LogP contribution in [0.5, 0.6) is 0 Å². The van der Waals surface area contributed by atoms with Crippen LogP contribution < -0.4 is 14.9 Å². The predicted molar refractivity (Wildman–Crippen MR) is 154 cm³/mol. The standard InChI is InChI=1S/C29H22ClN3O8S/c1-14(2)40-28(37)24-15(3)31-29-32(25(24)16-5-4-6-18(11-16)33(38)39)26(34)23(42-29)13-19-8-10-22(41-19)20-12-17(27(35)36)7-9-21(20)30/h4-14,25H,1-3H3,(H,35,36)/b23-13-. The maximum atomic E-state index is 13.8. The van der Waals surface area contributed by atoms with Gasteiger partial charge in [0.05, 0.1) is 43.5 Å². The first-order valence-corrected chi connectivity index (χ1v) is 13.7. The molecular formula is C29H22ClN3O8S. The van der Waals surface area contributed by atoms with Crippen LogP contribution in [-0.4, -0.2) is 32.6 Å². The largest absolute Gasteiger partial charge is 0.478 e. The number of halogens is 1. The lowest BCUT2D eigenvalue weighted by molar-refractivity contribution is -0.384. The second-order valence-electron chi connectivity index (χ2n) is 9.59. The van der Waals surface area contributed by atoms with E-state index < -0.39 is 34.6 Å². The second-order valence-corrected chi connectivity index (χ2v) is 11.0. The molecule has 1 N–H and O–H groups in total. The van der Waals surface area contributed by atoms with E-state index in [0.29, 0.717) is 22.6 Å². The average molecular weight is 608 g/mol. The Morgan fingerprint density at radius 1 is 1.21 bits per heavy atom. The summed E-state index contributed by atoms with van der Waals surface area (Å²) in [6.45, 7) is 4.99. The van der Waals surface area contributed by atoms with Crippen LogP contribution in [0.15, 0.2) is 80.1 Å². The Hall–Kier alpha value is -4.81. The molecule has 13 heteroatoms. The minimum Gasteiger partial charge on any atom is -0.478 e. The number of nitrogens with zero attached hydrogens (tertiary/aromatic N) is 3. The van der Waals surface area contributed by atoms with Crippen molar-refractivity contribution in [1.29, 1.82) is 0 Å². The fraction of sp³-hybridized carbons (Fsp3) is 0.172. The summed E-state index contributed by atoms with van der Waals surface area (Å²) in [5, 5.41) is 21.1. The van der Waals surface area contributed by atoms with E-state index >= 15 is 0 Å². The van der Waals surface area contributed by atoms with E-state index in [-0.39, 0.29) is 36.9 Å². The predicted octanol–water partition coefficient (Wildman–Crippen LogP) is 4.71. The van der Waals surface area contributed by atoms with Crippen molar-refractivity contribution in [3.63, 3.8) is 0 Å². The molecule has 1 atom stereocenters. The van der Waals surface area contributed by atoms with E-state index in [9.17, 15) is 29.6 Å². The summed E-state index contributed by atoms with van der Waals surface area (Å²) in [5.41, 5.74) is 0.456. The highest BCUT2D eigenvalue weighted by Gasteiger charge is 2.34. The van der Waals surface area contributed by atoms with Gasteiger partial charge >= 0.3 is 11.9 Å². The molecule has 0 spiro atoms. The third-order valence-electron chi connectivity index (χ3n) is 6.36. The number of carboxylic acids is 1. The van der Waals surface area contributed by atoms with Crippen molar-refractivity contribution in [1.82, 2.24) is 4.57 Å². The number of hydrogen-bond acceptors (Lipinski definition) is 9. The maximum Gasteiger partial charge on any atom is 0.338 e. The lowest BCUT2D eigenvalue weighted by Crippen LogP contribution is -2.40. The number of carbonyl (C=O) groups excluding carboxylic acids is 1. The number of aromatic carboxylic acids is 1. The number of carbonyl (C=O) groups is 2. The third-order valence-corrected chi connectivity index (χ3v) is 7.67. The number of nitro groups is 1. The summed E-state index contributed by atoms with van der Waals surface area (Å²) in [6.07, 6.45) is 1.05. The van der Waals surface area contributed by atoms with Gasteiger partial charge in [0, 0.05) is 23.8 Å². The molecule has 0 saturated heterocycles. The van der Waals surface area contributed by atoms with E-state index in [1.807, 2.05) is 0 Å². The Morgan fingerprint density at radius 3 is 2.67 bits per heavy atom. The van der Waals surface area contributed by atoms with Crippen molar-refractivity contribution < 1.29 is 28.8 Å². The molecule has 2 aromatic carbocycles. The molecule has 1 unspecified atom stereocenters. The molecule has 0 saturated carbocycles. The highest BCUT2D eigenvalue weighted by Crippen LogP contribution is 2.33. The van der Waals surface area contributed by atoms with Crippen molar-refractivity contribution in [3.8, 4) is 11.3 Å². The first kappa shape index (κ1) is 28.7. The number of hydrogen-bond donors (Lipinski definition) is 1. The van der Waals surface area contributed by atoms with E-state index in [1.165, 1.54) is 47.0 Å². The number of thiazole rings is 1. The number of benzene rings is 2. The normalized spacial score (nSPS) is 15.0. The summed E-state index contributed by atoms with van der Waals surface area (Å²) >= 11 is 7.33. The average Bonchev–Trinajstić information content (AvgIpc) is 3.51. The van der Waals surface area contributed by atoms with Crippen LogP contribution in [0.1, 0.15) is 48.5 Å². The Balaban J connectivity index is 1.65. The number of furan rings is 1. The number of fused-ring (bicyclic) bond motifs is 1. The molecular weight excluding hydrogens is 586 g/mol. The molecule has 214 valence electrons. The highest BCUT2D eigenvalue weighted by atomic mass is 35.5. The third kappa shape index (κ3) is 5.41. The molecule has 5 rings (SSSR count). The lowest BCUT2D eigenvalue weighted by atomic mass is 9.95. The Labute approximate surface area is 246 Å². The topological polar surface area (TPSA) is 154 Å². The van der Waals surface area contributed by atoms with Crippen molar-refractivity contribution in [2.45, 2.75) is 32.9 Å². The highest BCUT2D eigenvalue weighted by molar-refractivity contribution is 7.07. The number of esters is 1. The van der Waals surface area contributed by atoms with E-state index in [2.05, 4.69) is 4.99 Å². The van der Waals surface area contributed by atoms with Gasteiger partial charge in [-0.15, -0.1) is 0 Å². The summed E-state index contributed by atoms with van der Waals surface area (Å²) in [5.74, 6) is -1.22. The molecule has 0 amide bonds. The smallest absolute Gasteiger partial charge is 0.338 e. The minimum absolute atomic E-state index is 0.0315. The van der Waals surface area contributed by atoms with Crippen molar-refractivity contribution in [2.24, 2.45) is 4.99 Å². The van der Waals surface area contributed by atoms with E-state index in [4.69, 9.17) is 20.8 Å². The number of ether oxygens (including phenoxy) is 1. The van der Waals surface area contributed by atoms with E-state index in [0.717, 1.165) is 11.3 Å². The van der Waals surface area contributed by atoms with Gasteiger partial charge in [0.1, 0.15) is 11.5 Å². The van der Waals surface area contributed by atoms with Crippen LogP contribution in [0.3, 0.4) is 0 Å². The van der Waals surface area contributed by atoms with Gasteiger partial charge in [-0.25, -0.2) is 14.6 Å². The molecule has 0 fully saturated rings. The molecule has 11 nitrogen and oxygen atoms in total. The van der Waals surface area contributed by atoms with Gasteiger partial charge in [-0.3, -0.25) is 19.5 Å². The Morgan fingerprint density at radius 2 is 1.98 bits per heavy atom. The monoisotopic (exact) mass is 607 g/mol. The van der Waals surface area contributed by atoms with Gasteiger partial charge in [-0.05, 0) is 56.7 Å². The number of aromatic nitrogens is 1. The fourth-order valence-electron chi connectivity index (χ4n) is 4.54. The zero-order valence-electron chi connectivity index (χ0n) is 22.4. The van der Waals surface area contributed by atoms with E-state index in [1.54, 1.807) is 39.0 Å². The van der Waals surface area contributed by atoms with Crippen LogP contribution in [0, 0.1) is 10.1 Å². The zero-order valence-corrected chi connectivity index (χ0v) is 23.9. The van der Waals surface area contributed by atoms with Crippen molar-refractivity contribution in [3.05, 3.63) is 118 Å². The lowest BCUT2D eigenvalue weighted by Gasteiger charge is -2.25. The molecule has 3 heterocycles. The van der Waals surface area contributed by atoms with Gasteiger partial charge in [-0.1, -0.05) is 35.1 Å². The van der Waals surface area contributed by atoms with Crippen molar-refractivity contribution in [2.75, 3.05) is 0 Å². The SMILES string of the molecule is CC1=C(C(=O)OC(C)C)C(c2cccc([N+](=O)[O-])c2)n2c(s/c(=C\c3ccc(-c4cc(C(=O)O)ccc4Cl)o3)c2=O)=N1. The van der Waals surface area contributed by atoms with Gasteiger partial charge < -0.3 is 14.3 Å². The number of nitro benzene ring substituents is 1. The van der Waals surface area contributed by atoms with Crippen LogP contribution in [-0.2, 0) is 9.53 Å². The molecule has 4 aromatic rings. The molecule has 0 aliphatic carbocycles. The second kappa shape index (κ2) is 11.2. The molecule has 2 aromatic heterocycles. The molecule has 1 aliphatic heterocycles. The van der Waals surface area contributed by atoms with Crippen LogP contribution in [0.25, 0.3) is 17.4 Å². The van der Waals surface area contributed by atoms with Gasteiger partial charge in [0.2, 0.25) is 0 Å². The summed E-state index contributed by atoms with van der Waals surface area (Å²) in [6, 6.07) is 12.1. The number of rotatable bonds is 7. The Kier molecular flexibility index (Phi) is 7.67. The fourth-order valence-corrected chi connectivity index (χ4v) is 5.77.